The van der Waals surface area contributed by atoms with Crippen LogP contribution in [0.15, 0.2) is 0 Å². The third-order valence-electron chi connectivity index (χ3n) is 5.01. The molecule has 0 aliphatic carbocycles. The summed E-state index contributed by atoms with van der Waals surface area (Å²) in [6.45, 7) is 13.1. The molecular formula is C23H45NO4S2. The minimum Gasteiger partial charge on any atom is -0.465 e. The number of hydrogen-bond donors (Lipinski definition) is 0. The molecule has 178 valence electrons. The predicted molar refractivity (Wildman–Crippen MR) is 130 cm³/mol. The van der Waals surface area contributed by atoms with E-state index >= 15 is 0 Å². The van der Waals surface area contributed by atoms with Gasteiger partial charge in [-0.25, -0.2) is 4.31 Å². The summed E-state index contributed by atoms with van der Waals surface area (Å²) in [6.07, 6.45) is 8.57. The summed E-state index contributed by atoms with van der Waals surface area (Å²) in [5.74, 6) is -0.572. The molecular weight excluding hydrogens is 418 g/mol. The zero-order valence-corrected chi connectivity index (χ0v) is 21.6. The summed E-state index contributed by atoms with van der Waals surface area (Å²) in [5.41, 5.74) is 0. The van der Waals surface area contributed by atoms with Crippen molar-refractivity contribution in [3.8, 4) is 0 Å². The maximum absolute atomic E-state index is 12.8. The van der Waals surface area contributed by atoms with E-state index in [-0.39, 0.29) is 23.8 Å². The Morgan fingerprint density at radius 3 is 1.77 bits per heavy atom. The fourth-order valence-electron chi connectivity index (χ4n) is 2.91. The van der Waals surface area contributed by atoms with Crippen LogP contribution < -0.4 is 0 Å². The van der Waals surface area contributed by atoms with Gasteiger partial charge in [0.25, 0.3) is 0 Å². The van der Waals surface area contributed by atoms with Crippen LogP contribution >= 0.6 is 0 Å². The number of rotatable bonds is 19. The Morgan fingerprint density at radius 2 is 1.30 bits per heavy atom. The van der Waals surface area contributed by atoms with Crippen molar-refractivity contribution < 1.29 is 19.1 Å². The average molecular weight is 464 g/mol. The van der Waals surface area contributed by atoms with Gasteiger partial charge in [0.2, 0.25) is 0 Å². The second-order valence-electron chi connectivity index (χ2n) is 8.00. The largest absolute Gasteiger partial charge is 0.465 e. The van der Waals surface area contributed by atoms with Crippen molar-refractivity contribution >= 4 is 32.8 Å². The molecule has 0 amide bonds. The summed E-state index contributed by atoms with van der Waals surface area (Å²) in [6, 6.07) is 0. The fraction of sp³-hybridized carbons (Fsp3) is 0.913. The van der Waals surface area contributed by atoms with Gasteiger partial charge in [0.1, 0.15) is 0 Å². The SMILES string of the molecule is CCCCOC(=O)C(C)CC(CS(=S)N(CCCC)CCCC)C(=O)OCCCC. The zero-order chi connectivity index (χ0) is 22.8. The summed E-state index contributed by atoms with van der Waals surface area (Å²) < 4.78 is 13.2. The standard InChI is InChI=1S/C23H45NO4S2/c1-6-10-14-24(15-11-7-2)30(29)19-21(23(26)28-17-13-9-4)18-20(5)22(25)27-16-12-8-3/h20-21H,6-19H2,1-5H3. The topological polar surface area (TPSA) is 55.8 Å². The maximum Gasteiger partial charge on any atom is 0.309 e. The lowest BCUT2D eigenvalue weighted by Gasteiger charge is -2.27. The lowest BCUT2D eigenvalue weighted by molar-refractivity contribution is -0.151. The highest BCUT2D eigenvalue weighted by molar-refractivity contribution is 8.27. The molecule has 3 atom stereocenters. The third-order valence-corrected chi connectivity index (χ3v) is 7.68. The molecule has 0 rings (SSSR count). The van der Waals surface area contributed by atoms with Crippen LogP contribution in [0.3, 0.4) is 0 Å². The number of carbonyl (C=O) groups is 2. The third kappa shape index (κ3) is 13.7. The van der Waals surface area contributed by atoms with Crippen LogP contribution in [0, 0.1) is 11.8 Å². The maximum atomic E-state index is 12.8. The van der Waals surface area contributed by atoms with Crippen LogP contribution in [-0.2, 0) is 39.9 Å². The van der Waals surface area contributed by atoms with Gasteiger partial charge in [0.15, 0.2) is 0 Å². The van der Waals surface area contributed by atoms with E-state index < -0.39 is 9.64 Å². The minimum absolute atomic E-state index is 0.218. The van der Waals surface area contributed by atoms with Gasteiger partial charge in [-0.05, 0) is 43.3 Å². The molecule has 0 N–H and O–H groups in total. The molecule has 0 aliphatic heterocycles. The summed E-state index contributed by atoms with van der Waals surface area (Å²) in [5, 5.41) is 0. The quantitative estimate of drug-likeness (QED) is 0.193. The van der Waals surface area contributed by atoms with E-state index in [2.05, 4.69) is 32.0 Å². The number of esters is 2. The van der Waals surface area contributed by atoms with Gasteiger partial charge in [-0.1, -0.05) is 69.9 Å². The van der Waals surface area contributed by atoms with Crippen LogP contribution in [0.5, 0.6) is 0 Å². The predicted octanol–water partition coefficient (Wildman–Crippen LogP) is 5.21. The first kappa shape index (κ1) is 29.5. The van der Waals surface area contributed by atoms with E-state index in [9.17, 15) is 9.59 Å². The molecule has 0 bridgehead atoms. The molecule has 0 aromatic carbocycles. The number of ether oxygens (including phenoxy) is 2. The average Bonchev–Trinajstić information content (AvgIpc) is 2.73. The van der Waals surface area contributed by atoms with E-state index in [4.69, 9.17) is 20.7 Å². The van der Waals surface area contributed by atoms with Crippen LogP contribution in [0.4, 0.5) is 0 Å². The van der Waals surface area contributed by atoms with Crippen molar-refractivity contribution in [2.45, 2.75) is 92.4 Å². The van der Waals surface area contributed by atoms with E-state index in [1.165, 1.54) is 0 Å². The van der Waals surface area contributed by atoms with Crippen LogP contribution in [0.2, 0.25) is 0 Å². The van der Waals surface area contributed by atoms with Gasteiger partial charge >= 0.3 is 11.9 Å². The highest BCUT2D eigenvalue weighted by Gasteiger charge is 2.28. The van der Waals surface area contributed by atoms with E-state index in [0.717, 1.165) is 64.5 Å². The van der Waals surface area contributed by atoms with Gasteiger partial charge in [0.05, 0.1) is 25.0 Å². The normalized spacial score (nSPS) is 14.3. The molecule has 0 aromatic heterocycles. The Labute approximate surface area is 192 Å². The molecule has 7 heteroatoms. The van der Waals surface area contributed by atoms with Crippen molar-refractivity contribution in [2.24, 2.45) is 11.8 Å². The first-order chi connectivity index (χ1) is 14.4. The molecule has 0 aliphatic rings. The molecule has 0 aromatic rings. The highest BCUT2D eigenvalue weighted by Crippen LogP contribution is 2.19. The van der Waals surface area contributed by atoms with E-state index in [1.54, 1.807) is 0 Å². The number of unbranched alkanes of at least 4 members (excludes halogenated alkanes) is 4. The Bertz CT molecular complexity index is 480. The van der Waals surface area contributed by atoms with Gasteiger partial charge in [-0.15, -0.1) is 0 Å². The summed E-state index contributed by atoms with van der Waals surface area (Å²) in [7, 11) is -0.441. The molecule has 5 nitrogen and oxygen atoms in total. The summed E-state index contributed by atoms with van der Waals surface area (Å²) in [4.78, 5) is 25.1. The highest BCUT2D eigenvalue weighted by atomic mass is 32.8. The van der Waals surface area contributed by atoms with Crippen molar-refractivity contribution in [1.29, 1.82) is 0 Å². The second-order valence-corrected chi connectivity index (χ2v) is 10.6. The minimum atomic E-state index is -0.441. The van der Waals surface area contributed by atoms with Crippen molar-refractivity contribution in [1.82, 2.24) is 4.31 Å². The number of nitrogens with zero attached hydrogens (tertiary/aromatic N) is 1. The first-order valence-corrected chi connectivity index (χ1v) is 14.1. The van der Waals surface area contributed by atoms with Crippen LogP contribution in [-0.4, -0.2) is 48.3 Å². The second kappa shape index (κ2) is 19.2. The Hall–Kier alpha value is -0.530. The van der Waals surface area contributed by atoms with E-state index in [0.29, 0.717) is 25.4 Å². The molecule has 0 fully saturated rings. The molecule has 0 saturated heterocycles. The molecule has 0 spiro atoms. The molecule has 30 heavy (non-hydrogen) atoms. The lowest BCUT2D eigenvalue weighted by Crippen LogP contribution is -2.35. The van der Waals surface area contributed by atoms with Gasteiger partial charge in [0, 0.05) is 18.8 Å². The monoisotopic (exact) mass is 463 g/mol. The first-order valence-electron chi connectivity index (χ1n) is 11.9. The molecule has 0 heterocycles. The van der Waals surface area contributed by atoms with Crippen molar-refractivity contribution in [3.05, 3.63) is 0 Å². The number of hydrogen-bond acceptors (Lipinski definition) is 5. The van der Waals surface area contributed by atoms with Gasteiger partial charge in [-0.3, -0.25) is 9.59 Å². The molecule has 0 saturated carbocycles. The smallest absolute Gasteiger partial charge is 0.309 e. The number of carbonyl (C=O) groups excluding carboxylic acids is 2. The molecule has 0 radical (unpaired) electrons. The van der Waals surface area contributed by atoms with Crippen molar-refractivity contribution in [3.63, 3.8) is 0 Å². The molecule has 3 unspecified atom stereocenters. The Kier molecular flexibility index (Phi) is 18.8. The van der Waals surface area contributed by atoms with Gasteiger partial charge < -0.3 is 9.47 Å². The van der Waals surface area contributed by atoms with Gasteiger partial charge in [-0.2, -0.15) is 0 Å². The fourth-order valence-corrected chi connectivity index (χ4v) is 5.34. The van der Waals surface area contributed by atoms with E-state index in [1.807, 2.05) is 6.92 Å². The lowest BCUT2D eigenvalue weighted by atomic mass is 9.97. The van der Waals surface area contributed by atoms with Crippen LogP contribution in [0.25, 0.3) is 0 Å². The Balaban J connectivity index is 5.09. The Morgan fingerprint density at radius 1 is 0.833 bits per heavy atom. The van der Waals surface area contributed by atoms with Crippen LogP contribution in [0.1, 0.15) is 92.4 Å². The summed E-state index contributed by atoms with van der Waals surface area (Å²) >= 11 is 5.85. The van der Waals surface area contributed by atoms with Crippen molar-refractivity contribution in [2.75, 3.05) is 32.1 Å². The zero-order valence-electron chi connectivity index (χ0n) is 20.0.